The average molecular weight is 239 g/mol. The molecule has 0 aliphatic carbocycles. The molecule has 3 nitrogen and oxygen atoms in total. The van der Waals surface area contributed by atoms with Crippen molar-refractivity contribution in [2.24, 2.45) is 0 Å². The van der Waals surface area contributed by atoms with E-state index in [0.29, 0.717) is 4.75 Å². The Balaban J connectivity index is 2.24. The van der Waals surface area contributed by atoms with Crippen molar-refractivity contribution in [3.8, 4) is 0 Å². The molecule has 0 fully saturated rings. The topological polar surface area (TPSA) is 37.8 Å². The second kappa shape index (κ2) is 6.21. The maximum atomic E-state index is 4.27. The van der Waals surface area contributed by atoms with Crippen molar-refractivity contribution < 1.29 is 0 Å². The summed E-state index contributed by atoms with van der Waals surface area (Å²) in [5.41, 5.74) is 1.00. The van der Waals surface area contributed by atoms with E-state index in [4.69, 9.17) is 0 Å². The molecule has 4 heteroatoms. The van der Waals surface area contributed by atoms with Gasteiger partial charge in [0, 0.05) is 41.7 Å². The van der Waals surface area contributed by atoms with Crippen molar-refractivity contribution in [2.75, 3.05) is 12.3 Å². The highest BCUT2D eigenvalue weighted by molar-refractivity contribution is 8.00. The molecule has 1 aromatic rings. The van der Waals surface area contributed by atoms with Crippen LogP contribution in [0.25, 0.3) is 0 Å². The zero-order chi connectivity index (χ0) is 12.0. The lowest BCUT2D eigenvalue weighted by molar-refractivity contribution is 0.583. The predicted molar refractivity (Wildman–Crippen MR) is 70.7 cm³/mol. The molecule has 1 N–H and O–H groups in total. The first-order chi connectivity index (χ1) is 7.49. The molecular weight excluding hydrogens is 218 g/mol. The van der Waals surface area contributed by atoms with Crippen molar-refractivity contribution in [2.45, 2.75) is 38.5 Å². The third-order valence-electron chi connectivity index (χ3n) is 2.11. The van der Waals surface area contributed by atoms with E-state index in [1.54, 1.807) is 12.4 Å². The SMILES string of the molecule is CC(NCCSC(C)(C)C)c1cnccn1. The van der Waals surface area contributed by atoms with Crippen LogP contribution in [0.5, 0.6) is 0 Å². The van der Waals surface area contributed by atoms with Gasteiger partial charge in [0.15, 0.2) is 0 Å². The third-order valence-corrected chi connectivity index (χ3v) is 3.39. The summed E-state index contributed by atoms with van der Waals surface area (Å²) < 4.78 is 0.345. The minimum atomic E-state index is 0.272. The van der Waals surface area contributed by atoms with E-state index in [1.165, 1.54) is 0 Å². The number of hydrogen-bond acceptors (Lipinski definition) is 4. The van der Waals surface area contributed by atoms with E-state index in [1.807, 2.05) is 18.0 Å². The summed E-state index contributed by atoms with van der Waals surface area (Å²) in [6.45, 7) is 9.84. The molecule has 0 radical (unpaired) electrons. The minimum absolute atomic E-state index is 0.272. The highest BCUT2D eigenvalue weighted by Gasteiger charge is 2.10. The maximum absolute atomic E-state index is 4.27. The van der Waals surface area contributed by atoms with Crippen molar-refractivity contribution >= 4 is 11.8 Å². The van der Waals surface area contributed by atoms with Gasteiger partial charge in [-0.15, -0.1) is 0 Å². The Bertz CT molecular complexity index is 295. The molecule has 16 heavy (non-hydrogen) atoms. The lowest BCUT2D eigenvalue weighted by atomic mass is 10.2. The van der Waals surface area contributed by atoms with Crippen LogP contribution in [0.15, 0.2) is 18.6 Å². The van der Waals surface area contributed by atoms with Gasteiger partial charge in [0.2, 0.25) is 0 Å². The number of thioether (sulfide) groups is 1. The Hall–Kier alpha value is -0.610. The number of aromatic nitrogens is 2. The molecule has 0 saturated heterocycles. The lowest BCUT2D eigenvalue weighted by Crippen LogP contribution is -2.23. The molecule has 1 rings (SSSR count). The van der Waals surface area contributed by atoms with Crippen molar-refractivity contribution in [3.63, 3.8) is 0 Å². The van der Waals surface area contributed by atoms with Gasteiger partial charge < -0.3 is 5.32 Å². The molecule has 1 heterocycles. The Kier molecular flexibility index (Phi) is 5.22. The zero-order valence-corrected chi connectivity index (χ0v) is 11.3. The Morgan fingerprint density at radius 3 is 2.69 bits per heavy atom. The molecule has 1 unspecified atom stereocenters. The fourth-order valence-electron chi connectivity index (χ4n) is 1.27. The third kappa shape index (κ3) is 5.47. The van der Waals surface area contributed by atoms with Crippen molar-refractivity contribution in [3.05, 3.63) is 24.3 Å². The van der Waals surface area contributed by atoms with Gasteiger partial charge in [-0.05, 0) is 6.92 Å². The summed E-state index contributed by atoms with van der Waals surface area (Å²) in [6.07, 6.45) is 5.25. The molecule has 0 aliphatic rings. The first-order valence-electron chi connectivity index (χ1n) is 5.62. The lowest BCUT2D eigenvalue weighted by Gasteiger charge is -2.18. The van der Waals surface area contributed by atoms with E-state index in [2.05, 4.69) is 43.0 Å². The summed E-state index contributed by atoms with van der Waals surface area (Å²) in [5, 5.41) is 3.45. The predicted octanol–water partition coefficient (Wildman–Crippen LogP) is 2.66. The van der Waals surface area contributed by atoms with E-state index >= 15 is 0 Å². The highest BCUT2D eigenvalue weighted by atomic mass is 32.2. The molecule has 0 aliphatic heterocycles. The largest absolute Gasteiger partial charge is 0.308 e. The fraction of sp³-hybridized carbons (Fsp3) is 0.667. The summed E-state index contributed by atoms with van der Waals surface area (Å²) in [4.78, 5) is 8.34. The van der Waals surface area contributed by atoms with Crippen LogP contribution in [0.2, 0.25) is 0 Å². The van der Waals surface area contributed by atoms with Gasteiger partial charge in [0.1, 0.15) is 0 Å². The van der Waals surface area contributed by atoms with Crippen LogP contribution in [0.4, 0.5) is 0 Å². The van der Waals surface area contributed by atoms with E-state index in [9.17, 15) is 0 Å². The van der Waals surface area contributed by atoms with Gasteiger partial charge in [-0.2, -0.15) is 11.8 Å². The normalized spacial score (nSPS) is 13.8. The number of rotatable bonds is 5. The molecule has 1 atom stereocenters. The number of hydrogen-bond donors (Lipinski definition) is 1. The Labute approximate surface area is 102 Å². The fourth-order valence-corrected chi connectivity index (χ4v) is 2.10. The quantitative estimate of drug-likeness (QED) is 0.802. The maximum Gasteiger partial charge on any atom is 0.0753 e. The second-order valence-electron chi connectivity index (χ2n) is 4.77. The van der Waals surface area contributed by atoms with Gasteiger partial charge in [-0.25, -0.2) is 0 Å². The van der Waals surface area contributed by atoms with Crippen LogP contribution in [0.1, 0.15) is 39.4 Å². The summed E-state index contributed by atoms with van der Waals surface area (Å²) in [5.74, 6) is 1.12. The number of nitrogens with zero attached hydrogens (tertiary/aromatic N) is 2. The van der Waals surface area contributed by atoms with Crippen LogP contribution in [0, 0.1) is 0 Å². The molecule has 0 saturated carbocycles. The molecule has 0 spiro atoms. The van der Waals surface area contributed by atoms with Gasteiger partial charge in [0.25, 0.3) is 0 Å². The molecular formula is C12H21N3S. The summed E-state index contributed by atoms with van der Waals surface area (Å²) in [7, 11) is 0. The summed E-state index contributed by atoms with van der Waals surface area (Å²) >= 11 is 1.97. The van der Waals surface area contributed by atoms with Gasteiger partial charge in [0.05, 0.1) is 5.69 Å². The highest BCUT2D eigenvalue weighted by Crippen LogP contribution is 2.22. The van der Waals surface area contributed by atoms with Gasteiger partial charge >= 0.3 is 0 Å². The zero-order valence-electron chi connectivity index (χ0n) is 10.5. The van der Waals surface area contributed by atoms with E-state index in [0.717, 1.165) is 18.0 Å². The van der Waals surface area contributed by atoms with E-state index < -0.39 is 0 Å². The molecule has 90 valence electrons. The molecule has 0 bridgehead atoms. The van der Waals surface area contributed by atoms with Crippen molar-refractivity contribution in [1.82, 2.24) is 15.3 Å². The standard InChI is InChI=1S/C12H21N3S/c1-10(11-9-13-5-6-15-11)14-7-8-16-12(2,3)4/h5-6,9-10,14H,7-8H2,1-4H3. The number of nitrogens with one attached hydrogen (secondary N) is 1. The summed E-state index contributed by atoms with van der Waals surface area (Å²) in [6, 6.07) is 0.272. The van der Waals surface area contributed by atoms with Gasteiger partial charge in [-0.3, -0.25) is 9.97 Å². The monoisotopic (exact) mass is 239 g/mol. The molecule has 1 aromatic heterocycles. The second-order valence-corrected chi connectivity index (χ2v) is 6.69. The van der Waals surface area contributed by atoms with Crippen LogP contribution in [-0.2, 0) is 0 Å². The Morgan fingerprint density at radius 2 is 2.12 bits per heavy atom. The average Bonchev–Trinajstić information content (AvgIpc) is 2.24. The van der Waals surface area contributed by atoms with Crippen molar-refractivity contribution in [1.29, 1.82) is 0 Å². The van der Waals surface area contributed by atoms with Crippen LogP contribution >= 0.6 is 11.8 Å². The first kappa shape index (κ1) is 13.5. The van der Waals surface area contributed by atoms with E-state index in [-0.39, 0.29) is 6.04 Å². The van der Waals surface area contributed by atoms with Crippen LogP contribution in [0.3, 0.4) is 0 Å². The smallest absolute Gasteiger partial charge is 0.0753 e. The van der Waals surface area contributed by atoms with Crippen LogP contribution in [-0.4, -0.2) is 27.0 Å². The minimum Gasteiger partial charge on any atom is -0.308 e. The van der Waals surface area contributed by atoms with Gasteiger partial charge in [-0.1, -0.05) is 20.8 Å². The molecule has 0 aromatic carbocycles. The molecule has 0 amide bonds. The Morgan fingerprint density at radius 1 is 1.38 bits per heavy atom. The van der Waals surface area contributed by atoms with Crippen LogP contribution < -0.4 is 5.32 Å². The first-order valence-corrected chi connectivity index (χ1v) is 6.61.